The Hall–Kier alpha value is -3.56. The summed E-state index contributed by atoms with van der Waals surface area (Å²) < 4.78 is 5.75. The lowest BCUT2D eigenvalue weighted by molar-refractivity contribution is 0.0932. The number of hydrogen-bond donors (Lipinski definition) is 1. The molecule has 1 N–H and O–H groups in total. The van der Waals surface area contributed by atoms with Gasteiger partial charge in [-0.3, -0.25) is 9.69 Å². The molecule has 3 aromatic rings. The van der Waals surface area contributed by atoms with Crippen molar-refractivity contribution in [3.63, 3.8) is 0 Å². The molecule has 180 valence electrons. The number of carbonyl (C=O) groups is 2. The first-order valence-electron chi connectivity index (χ1n) is 10.9. The van der Waals surface area contributed by atoms with Crippen molar-refractivity contribution >= 4 is 52.5 Å². The van der Waals surface area contributed by atoms with Crippen molar-refractivity contribution in [3.8, 4) is 5.88 Å². The lowest BCUT2D eigenvalue weighted by Gasteiger charge is -2.31. The lowest BCUT2D eigenvalue weighted by Crippen LogP contribution is -2.42. The minimum absolute atomic E-state index is 0.00484. The van der Waals surface area contributed by atoms with Crippen LogP contribution in [0.3, 0.4) is 0 Å². The Bertz CT molecular complexity index is 1310. The van der Waals surface area contributed by atoms with Crippen molar-refractivity contribution < 1.29 is 14.3 Å². The monoisotopic (exact) mass is 512 g/mol. The molecule has 0 atom stereocenters. The van der Waals surface area contributed by atoms with E-state index in [9.17, 15) is 9.59 Å². The third kappa shape index (κ3) is 4.44. The number of rotatable bonds is 3. The Balaban J connectivity index is 1.32. The van der Waals surface area contributed by atoms with Crippen LogP contribution in [0, 0.1) is 0 Å². The highest BCUT2D eigenvalue weighted by Gasteiger charge is 2.31. The van der Waals surface area contributed by atoms with E-state index in [0.29, 0.717) is 34.8 Å². The Morgan fingerprint density at radius 2 is 1.91 bits per heavy atom. The average Bonchev–Trinajstić information content (AvgIpc) is 2.84. The highest BCUT2D eigenvalue weighted by Crippen LogP contribution is 2.37. The summed E-state index contributed by atoms with van der Waals surface area (Å²) in [5.41, 5.74) is 3.68. The predicted octanol–water partition coefficient (Wildman–Crippen LogP) is 4.56. The van der Waals surface area contributed by atoms with E-state index in [4.69, 9.17) is 27.9 Å². The van der Waals surface area contributed by atoms with Gasteiger partial charge in [0.2, 0.25) is 11.8 Å². The molecule has 2 aromatic carbocycles. The highest BCUT2D eigenvalue weighted by molar-refractivity contribution is 6.40. The second kappa shape index (κ2) is 9.24. The maximum atomic E-state index is 13.1. The van der Waals surface area contributed by atoms with E-state index in [2.05, 4.69) is 15.3 Å². The zero-order chi connectivity index (χ0) is 24.7. The summed E-state index contributed by atoms with van der Waals surface area (Å²) in [5, 5.41) is 3.87. The summed E-state index contributed by atoms with van der Waals surface area (Å²) in [5.74, 6) is 0.141. The van der Waals surface area contributed by atoms with E-state index in [1.54, 1.807) is 37.2 Å². The first-order chi connectivity index (χ1) is 16.8. The van der Waals surface area contributed by atoms with Gasteiger partial charge in [-0.1, -0.05) is 35.3 Å². The van der Waals surface area contributed by atoms with Crippen LogP contribution in [0.4, 0.5) is 22.1 Å². The molecular formula is C24H22Cl2N6O3. The normalized spacial score (nSPS) is 14.7. The summed E-state index contributed by atoms with van der Waals surface area (Å²) in [6, 6.07) is 11.0. The van der Waals surface area contributed by atoms with Gasteiger partial charge in [0, 0.05) is 39.1 Å². The zero-order valence-electron chi connectivity index (χ0n) is 19.1. The van der Waals surface area contributed by atoms with Gasteiger partial charge in [-0.15, -0.1) is 0 Å². The van der Waals surface area contributed by atoms with Gasteiger partial charge >= 0.3 is 6.03 Å². The van der Waals surface area contributed by atoms with Crippen LogP contribution in [0.1, 0.15) is 21.5 Å². The van der Waals surface area contributed by atoms with Gasteiger partial charge in [-0.25, -0.2) is 9.78 Å². The minimum atomic E-state index is -0.349. The smallest absolute Gasteiger partial charge is 0.319 e. The summed E-state index contributed by atoms with van der Waals surface area (Å²) in [6.45, 7) is 1.15. The summed E-state index contributed by atoms with van der Waals surface area (Å²) in [4.78, 5) is 38.8. The van der Waals surface area contributed by atoms with Crippen LogP contribution < -0.4 is 15.0 Å². The molecule has 2 aliphatic heterocycles. The first kappa shape index (κ1) is 23.2. The molecule has 0 unspecified atom stereocenters. The largest absolute Gasteiger partial charge is 0.455 e. The number of fused-ring (bicyclic) bond motifs is 2. The first-order valence-corrected chi connectivity index (χ1v) is 11.7. The number of anilines is 3. The fourth-order valence-corrected chi connectivity index (χ4v) is 4.73. The van der Waals surface area contributed by atoms with Gasteiger partial charge in [-0.05, 0) is 41.8 Å². The van der Waals surface area contributed by atoms with E-state index >= 15 is 0 Å². The van der Waals surface area contributed by atoms with Crippen LogP contribution in [-0.4, -0.2) is 59.1 Å². The molecule has 5 rings (SSSR count). The molecule has 0 spiro atoms. The SMILES string of the molecule is CN(C)C(=O)N1CCc2cc(Nc3ncc4c(n3)OCN(c3c(Cl)cccc3Cl)C4=O)ccc2C1. The minimum Gasteiger partial charge on any atom is -0.455 e. The molecule has 11 heteroatoms. The molecule has 0 saturated heterocycles. The number of urea groups is 1. The number of ether oxygens (including phenoxy) is 1. The number of amides is 3. The van der Waals surface area contributed by atoms with Crippen molar-refractivity contribution in [3.05, 3.63) is 69.3 Å². The second-order valence-electron chi connectivity index (χ2n) is 8.45. The third-order valence-electron chi connectivity index (χ3n) is 5.89. The molecule has 35 heavy (non-hydrogen) atoms. The molecular weight excluding hydrogens is 491 g/mol. The van der Waals surface area contributed by atoms with Crippen molar-refractivity contribution in [1.29, 1.82) is 0 Å². The van der Waals surface area contributed by atoms with Gasteiger partial charge < -0.3 is 19.9 Å². The Morgan fingerprint density at radius 3 is 2.66 bits per heavy atom. The predicted molar refractivity (Wildman–Crippen MR) is 134 cm³/mol. The fourth-order valence-electron chi connectivity index (χ4n) is 4.13. The lowest BCUT2D eigenvalue weighted by atomic mass is 9.99. The number of hydrogen-bond acceptors (Lipinski definition) is 6. The molecule has 0 aliphatic carbocycles. The molecule has 2 aliphatic rings. The molecule has 3 heterocycles. The van der Waals surface area contributed by atoms with Gasteiger partial charge in [0.15, 0.2) is 6.73 Å². The Kier molecular flexibility index (Phi) is 6.12. The molecule has 9 nitrogen and oxygen atoms in total. The number of nitrogens with one attached hydrogen (secondary N) is 1. The number of aromatic nitrogens is 2. The van der Waals surface area contributed by atoms with E-state index in [0.717, 1.165) is 23.2 Å². The number of nitrogens with zero attached hydrogens (tertiary/aromatic N) is 5. The third-order valence-corrected chi connectivity index (χ3v) is 6.50. The van der Waals surface area contributed by atoms with Crippen LogP contribution in [0.15, 0.2) is 42.6 Å². The van der Waals surface area contributed by atoms with E-state index < -0.39 is 0 Å². The van der Waals surface area contributed by atoms with Gasteiger partial charge in [0.25, 0.3) is 5.91 Å². The molecule has 0 radical (unpaired) electrons. The van der Waals surface area contributed by atoms with Gasteiger partial charge in [0.1, 0.15) is 5.56 Å². The molecule has 1 aromatic heterocycles. The highest BCUT2D eigenvalue weighted by atomic mass is 35.5. The van der Waals surface area contributed by atoms with Gasteiger partial charge in [-0.2, -0.15) is 4.98 Å². The summed E-state index contributed by atoms with van der Waals surface area (Å²) in [6.07, 6.45) is 2.18. The quantitative estimate of drug-likeness (QED) is 0.552. The van der Waals surface area contributed by atoms with Crippen molar-refractivity contribution in [2.75, 3.05) is 37.6 Å². The maximum absolute atomic E-state index is 13.1. The molecule has 0 bridgehead atoms. The number of carbonyl (C=O) groups excluding carboxylic acids is 2. The number of halogens is 2. The zero-order valence-corrected chi connectivity index (χ0v) is 20.6. The summed E-state index contributed by atoms with van der Waals surface area (Å²) in [7, 11) is 3.51. The molecule has 0 saturated carbocycles. The van der Waals surface area contributed by atoms with Crippen LogP contribution in [0.2, 0.25) is 10.0 Å². The Morgan fingerprint density at radius 1 is 1.14 bits per heavy atom. The maximum Gasteiger partial charge on any atom is 0.319 e. The molecule has 0 fully saturated rings. The van der Waals surface area contributed by atoms with E-state index in [-0.39, 0.29) is 30.1 Å². The second-order valence-corrected chi connectivity index (χ2v) is 9.26. The van der Waals surface area contributed by atoms with Crippen LogP contribution in [0.25, 0.3) is 0 Å². The number of benzene rings is 2. The molecule has 3 amide bonds. The van der Waals surface area contributed by atoms with Crippen molar-refractivity contribution in [1.82, 2.24) is 19.8 Å². The standard InChI is InChI=1S/C24H22Cl2N6O3/c1-30(2)24(34)31-9-8-14-10-16(7-6-15(14)12-31)28-23-27-11-17-21(29-23)35-13-32(22(17)33)20-18(25)4-3-5-19(20)26/h3-7,10-11H,8-9,12-13H2,1-2H3,(H,27,28,29). The van der Waals surface area contributed by atoms with E-state index in [1.165, 1.54) is 11.1 Å². The summed E-state index contributed by atoms with van der Waals surface area (Å²) >= 11 is 12.5. The topological polar surface area (TPSA) is 90.9 Å². The van der Waals surface area contributed by atoms with Crippen LogP contribution >= 0.6 is 23.2 Å². The average molecular weight is 513 g/mol. The van der Waals surface area contributed by atoms with Gasteiger partial charge in [0.05, 0.1) is 15.7 Å². The van der Waals surface area contributed by atoms with Crippen LogP contribution in [-0.2, 0) is 13.0 Å². The van der Waals surface area contributed by atoms with E-state index in [1.807, 2.05) is 23.1 Å². The Labute approximate surface area is 212 Å². The fraction of sp³-hybridized carbons (Fsp3) is 0.250. The number of para-hydroxylation sites is 1. The van der Waals surface area contributed by atoms with Crippen molar-refractivity contribution in [2.24, 2.45) is 0 Å². The van der Waals surface area contributed by atoms with Crippen LogP contribution in [0.5, 0.6) is 5.88 Å². The van der Waals surface area contributed by atoms with Crippen molar-refractivity contribution in [2.45, 2.75) is 13.0 Å².